The van der Waals surface area contributed by atoms with Crippen molar-refractivity contribution in [2.75, 3.05) is 16.8 Å². The van der Waals surface area contributed by atoms with Gasteiger partial charge in [0.05, 0.1) is 21.8 Å². The predicted molar refractivity (Wildman–Crippen MR) is 135 cm³/mol. The minimum atomic E-state index is -0.435. The first-order valence-electron chi connectivity index (χ1n) is 10.9. The molecule has 0 bridgehead atoms. The molecule has 0 fully saturated rings. The summed E-state index contributed by atoms with van der Waals surface area (Å²) >= 11 is 0. The van der Waals surface area contributed by atoms with Crippen LogP contribution in [-0.2, 0) is 0 Å². The number of hydrogen-bond donors (Lipinski definition) is 1. The molecular weight excluding hydrogens is 428 g/mol. The van der Waals surface area contributed by atoms with Gasteiger partial charge in [0.15, 0.2) is 0 Å². The third kappa shape index (κ3) is 3.75. The molecule has 2 heterocycles. The van der Waals surface area contributed by atoms with Gasteiger partial charge in [0, 0.05) is 23.0 Å². The Balaban J connectivity index is 1.66. The molecule has 1 N–H and O–H groups in total. The van der Waals surface area contributed by atoms with Crippen molar-refractivity contribution in [1.82, 2.24) is 15.0 Å². The number of fused-ring (bicyclic) bond motifs is 2. The van der Waals surface area contributed by atoms with E-state index in [4.69, 9.17) is 0 Å². The quantitative estimate of drug-likeness (QED) is 0.240. The standard InChI is InChI=1S/C26H22N6O2/c1-3-31(22-13-7-9-18-8-4-5-11-20(18)22)26-24(32(33)34)25(27-16-28-26)30-21-12-6-10-19-15-14-17(2)29-23(19)21/h4-16H,3H2,1-2H3,(H,27,28,30). The van der Waals surface area contributed by atoms with Crippen LogP contribution in [0.5, 0.6) is 0 Å². The molecule has 0 saturated carbocycles. The molecule has 0 amide bonds. The molecule has 0 aliphatic carbocycles. The molecule has 8 heteroatoms. The van der Waals surface area contributed by atoms with Gasteiger partial charge in [0.1, 0.15) is 6.33 Å². The minimum absolute atomic E-state index is 0.115. The first kappa shape index (κ1) is 21.3. The van der Waals surface area contributed by atoms with Crippen LogP contribution in [0.15, 0.2) is 79.1 Å². The SMILES string of the molecule is CCN(c1ncnc(Nc2cccc3ccc(C)nc23)c1[N+](=O)[O-])c1cccc2ccccc12. The fourth-order valence-corrected chi connectivity index (χ4v) is 4.18. The van der Waals surface area contributed by atoms with E-state index in [0.717, 1.165) is 33.1 Å². The van der Waals surface area contributed by atoms with Gasteiger partial charge < -0.3 is 10.2 Å². The Labute approximate surface area is 196 Å². The van der Waals surface area contributed by atoms with Crippen molar-refractivity contribution in [1.29, 1.82) is 0 Å². The van der Waals surface area contributed by atoms with E-state index in [0.29, 0.717) is 12.2 Å². The number of nitro groups is 1. The van der Waals surface area contributed by atoms with Crippen molar-refractivity contribution >= 4 is 50.4 Å². The number of nitrogens with zero attached hydrogens (tertiary/aromatic N) is 5. The number of nitrogens with one attached hydrogen (secondary N) is 1. The maximum atomic E-state index is 12.3. The summed E-state index contributed by atoms with van der Waals surface area (Å²) in [5.74, 6) is 0.343. The zero-order valence-electron chi connectivity index (χ0n) is 18.8. The highest BCUT2D eigenvalue weighted by Gasteiger charge is 2.28. The highest BCUT2D eigenvalue weighted by Crippen LogP contribution is 2.39. The molecule has 0 spiro atoms. The van der Waals surface area contributed by atoms with Crippen molar-refractivity contribution in [2.45, 2.75) is 13.8 Å². The normalized spacial score (nSPS) is 11.0. The molecule has 8 nitrogen and oxygen atoms in total. The molecule has 0 atom stereocenters. The molecular formula is C26H22N6O2. The first-order valence-corrected chi connectivity index (χ1v) is 10.9. The topological polar surface area (TPSA) is 97.1 Å². The number of aromatic nitrogens is 3. The summed E-state index contributed by atoms with van der Waals surface area (Å²) in [7, 11) is 0. The van der Waals surface area contributed by atoms with E-state index in [2.05, 4.69) is 20.3 Å². The van der Waals surface area contributed by atoms with E-state index in [1.165, 1.54) is 6.33 Å². The zero-order valence-corrected chi connectivity index (χ0v) is 18.8. The Morgan fingerprint density at radius 3 is 2.53 bits per heavy atom. The van der Waals surface area contributed by atoms with Gasteiger partial charge in [-0.2, -0.15) is 0 Å². The molecule has 3 aromatic carbocycles. The first-order chi connectivity index (χ1) is 16.6. The van der Waals surface area contributed by atoms with Gasteiger partial charge in [-0.05, 0) is 37.4 Å². The Hall–Kier alpha value is -4.59. The second-order valence-electron chi connectivity index (χ2n) is 7.85. The molecule has 0 unspecified atom stereocenters. The van der Waals surface area contributed by atoms with E-state index in [-0.39, 0.29) is 17.3 Å². The van der Waals surface area contributed by atoms with Gasteiger partial charge in [-0.15, -0.1) is 0 Å². The maximum Gasteiger partial charge on any atom is 0.354 e. The summed E-state index contributed by atoms with van der Waals surface area (Å²) < 4.78 is 0. The molecule has 5 aromatic rings. The lowest BCUT2D eigenvalue weighted by atomic mass is 10.1. The second kappa shape index (κ2) is 8.74. The number of anilines is 4. The molecule has 0 radical (unpaired) electrons. The molecule has 0 aliphatic rings. The zero-order chi connectivity index (χ0) is 23.7. The molecule has 2 aromatic heterocycles. The Morgan fingerprint density at radius 1 is 0.941 bits per heavy atom. The lowest BCUT2D eigenvalue weighted by Crippen LogP contribution is -2.20. The van der Waals surface area contributed by atoms with Crippen LogP contribution in [0.1, 0.15) is 12.6 Å². The van der Waals surface area contributed by atoms with Crippen LogP contribution >= 0.6 is 0 Å². The summed E-state index contributed by atoms with van der Waals surface area (Å²) in [4.78, 5) is 26.9. The van der Waals surface area contributed by atoms with Gasteiger partial charge in [-0.25, -0.2) is 9.97 Å². The molecule has 5 rings (SSSR count). The molecule has 0 saturated heterocycles. The van der Waals surface area contributed by atoms with Crippen LogP contribution in [0.4, 0.5) is 28.7 Å². The summed E-state index contributed by atoms with van der Waals surface area (Å²) in [6.07, 6.45) is 1.35. The highest BCUT2D eigenvalue weighted by molar-refractivity contribution is 5.97. The smallest absolute Gasteiger partial charge is 0.332 e. The number of para-hydroxylation sites is 1. The second-order valence-corrected chi connectivity index (χ2v) is 7.85. The lowest BCUT2D eigenvalue weighted by molar-refractivity contribution is -0.383. The van der Waals surface area contributed by atoms with Crippen molar-refractivity contribution in [3.05, 3.63) is 94.9 Å². The summed E-state index contributed by atoms with van der Waals surface area (Å²) in [5, 5.41) is 18.4. The Kier molecular flexibility index (Phi) is 5.47. The minimum Gasteiger partial charge on any atom is -0.332 e. The van der Waals surface area contributed by atoms with Crippen LogP contribution in [-0.4, -0.2) is 26.4 Å². The van der Waals surface area contributed by atoms with Gasteiger partial charge in [0.25, 0.3) is 0 Å². The number of pyridine rings is 1. The Bertz CT molecular complexity index is 1530. The number of benzene rings is 3. The van der Waals surface area contributed by atoms with E-state index >= 15 is 0 Å². The predicted octanol–water partition coefficient (Wildman–Crippen LogP) is 6.30. The number of hydrogen-bond acceptors (Lipinski definition) is 7. The van der Waals surface area contributed by atoms with Gasteiger partial charge in [-0.1, -0.05) is 54.6 Å². The third-order valence-corrected chi connectivity index (χ3v) is 5.73. The summed E-state index contributed by atoms with van der Waals surface area (Å²) in [6.45, 7) is 4.34. The molecule has 0 aliphatic heterocycles. The van der Waals surface area contributed by atoms with E-state index in [1.54, 1.807) is 0 Å². The van der Waals surface area contributed by atoms with Crippen LogP contribution in [0.25, 0.3) is 21.7 Å². The lowest BCUT2D eigenvalue weighted by Gasteiger charge is -2.24. The van der Waals surface area contributed by atoms with E-state index in [9.17, 15) is 10.1 Å². The van der Waals surface area contributed by atoms with Crippen LogP contribution in [0.3, 0.4) is 0 Å². The average Bonchev–Trinajstić information content (AvgIpc) is 2.85. The van der Waals surface area contributed by atoms with Crippen LogP contribution < -0.4 is 10.2 Å². The van der Waals surface area contributed by atoms with Crippen molar-refractivity contribution in [3.8, 4) is 0 Å². The molecule has 168 valence electrons. The number of rotatable bonds is 6. The highest BCUT2D eigenvalue weighted by atomic mass is 16.6. The maximum absolute atomic E-state index is 12.3. The monoisotopic (exact) mass is 450 g/mol. The van der Waals surface area contributed by atoms with Crippen molar-refractivity contribution in [3.63, 3.8) is 0 Å². The van der Waals surface area contributed by atoms with Crippen molar-refractivity contribution < 1.29 is 4.92 Å². The third-order valence-electron chi connectivity index (χ3n) is 5.73. The summed E-state index contributed by atoms with van der Waals surface area (Å²) in [5.41, 5.74) is 2.87. The van der Waals surface area contributed by atoms with Crippen LogP contribution in [0.2, 0.25) is 0 Å². The van der Waals surface area contributed by atoms with Gasteiger partial charge in [0.2, 0.25) is 11.6 Å². The van der Waals surface area contributed by atoms with Gasteiger partial charge >= 0.3 is 5.69 Å². The van der Waals surface area contributed by atoms with Gasteiger partial charge in [-0.3, -0.25) is 15.1 Å². The molecule has 34 heavy (non-hydrogen) atoms. The van der Waals surface area contributed by atoms with Crippen molar-refractivity contribution in [2.24, 2.45) is 0 Å². The fourth-order valence-electron chi connectivity index (χ4n) is 4.18. The van der Waals surface area contributed by atoms with E-state index < -0.39 is 4.92 Å². The average molecular weight is 451 g/mol. The fraction of sp³-hybridized carbons (Fsp3) is 0.115. The number of aryl methyl sites for hydroxylation is 1. The summed E-state index contributed by atoms with van der Waals surface area (Å²) in [6, 6.07) is 23.4. The van der Waals surface area contributed by atoms with Crippen LogP contribution in [0, 0.1) is 17.0 Å². The largest absolute Gasteiger partial charge is 0.354 e. The van der Waals surface area contributed by atoms with E-state index in [1.807, 2.05) is 91.5 Å². The Morgan fingerprint density at radius 2 is 1.71 bits per heavy atom.